The largest absolute Gasteiger partial charge is 0.497 e. The van der Waals surface area contributed by atoms with Crippen LogP contribution in [0, 0.1) is 0 Å². The Kier molecular flexibility index (Phi) is 14.3. The molecule has 14 nitrogen and oxygen atoms in total. The van der Waals surface area contributed by atoms with E-state index in [4.69, 9.17) is 32.7 Å². The first kappa shape index (κ1) is 43.6. The Morgan fingerprint density at radius 3 is 1.97 bits per heavy atom. The average molecular weight is 849 g/mol. The predicted octanol–water partition coefficient (Wildman–Crippen LogP) is 8.53. The van der Waals surface area contributed by atoms with Crippen LogP contribution in [0.1, 0.15) is 57.0 Å². The van der Waals surface area contributed by atoms with Crippen molar-refractivity contribution in [1.82, 2.24) is 24.2 Å². The van der Waals surface area contributed by atoms with E-state index in [0.29, 0.717) is 23.3 Å². The zero-order valence-corrected chi connectivity index (χ0v) is 36.4. The second-order valence-corrected chi connectivity index (χ2v) is 16.5. The number of rotatable bonds is 19. The minimum Gasteiger partial charge on any atom is -0.497 e. The van der Waals surface area contributed by atoms with Crippen LogP contribution in [0.15, 0.2) is 122 Å². The van der Waals surface area contributed by atoms with Crippen molar-refractivity contribution in [3.63, 3.8) is 0 Å². The molecule has 2 aromatic heterocycles. The SMILES string of the molecule is COc1ccc(C(OC[C@H]2O[C@@H](n3cnc4c(NC(=O)COc5ccccc5)ncnc43)C[C@H]2OP(OC)N(C(C)C)C(C)C)(c2ccccc2)c2ccc(OC)cc2)cc1. The lowest BCUT2D eigenvalue weighted by molar-refractivity contribution is -0.118. The number of nitrogens with zero attached hydrogens (tertiary/aromatic N) is 5. The van der Waals surface area contributed by atoms with Crippen LogP contribution < -0.4 is 19.5 Å². The predicted molar refractivity (Wildman–Crippen MR) is 234 cm³/mol. The first-order valence-electron chi connectivity index (χ1n) is 20.2. The number of hydrogen-bond donors (Lipinski definition) is 1. The monoisotopic (exact) mass is 848 g/mol. The summed E-state index contributed by atoms with van der Waals surface area (Å²) in [6.45, 7) is 8.44. The summed E-state index contributed by atoms with van der Waals surface area (Å²) in [6, 6.07) is 35.4. The highest BCUT2D eigenvalue weighted by atomic mass is 31.2. The number of nitrogens with one attached hydrogen (secondary N) is 1. The van der Waals surface area contributed by atoms with Crippen molar-refractivity contribution in [3.8, 4) is 17.2 Å². The first-order chi connectivity index (χ1) is 29.6. The fourth-order valence-corrected chi connectivity index (χ4v) is 9.27. The number of carbonyl (C=O) groups is 1. The molecule has 1 amide bonds. The van der Waals surface area contributed by atoms with Crippen LogP contribution in [0.4, 0.5) is 5.82 Å². The normalized spacial score (nSPS) is 17.2. The van der Waals surface area contributed by atoms with Crippen molar-refractivity contribution in [2.75, 3.05) is 39.9 Å². The fourth-order valence-electron chi connectivity index (χ4n) is 7.68. The topological polar surface area (TPSA) is 141 Å². The molecule has 320 valence electrons. The lowest BCUT2D eigenvalue weighted by atomic mass is 9.80. The van der Waals surface area contributed by atoms with Gasteiger partial charge in [0, 0.05) is 25.6 Å². The molecule has 1 aliphatic rings. The molecule has 6 aromatic rings. The van der Waals surface area contributed by atoms with Gasteiger partial charge in [-0.15, -0.1) is 0 Å². The summed E-state index contributed by atoms with van der Waals surface area (Å²) in [6.07, 6.45) is 1.83. The number of hydrogen-bond acceptors (Lipinski definition) is 12. The van der Waals surface area contributed by atoms with Gasteiger partial charge in [0.25, 0.3) is 14.4 Å². The maximum Gasteiger partial charge on any atom is 0.263 e. The third-order valence-corrected chi connectivity index (χ3v) is 12.6. The van der Waals surface area contributed by atoms with Crippen LogP contribution in [-0.4, -0.2) is 88.9 Å². The van der Waals surface area contributed by atoms with Gasteiger partial charge < -0.3 is 38.0 Å². The summed E-state index contributed by atoms with van der Waals surface area (Å²) in [4.78, 5) is 26.6. The van der Waals surface area contributed by atoms with Gasteiger partial charge in [-0.25, -0.2) is 19.6 Å². The number of fused-ring (bicyclic) bond motifs is 1. The molecule has 7 rings (SSSR count). The molecule has 0 aliphatic carbocycles. The van der Waals surface area contributed by atoms with Crippen LogP contribution in [0.2, 0.25) is 0 Å². The molecule has 0 bridgehead atoms. The van der Waals surface area contributed by atoms with E-state index in [1.807, 2.05) is 89.5 Å². The summed E-state index contributed by atoms with van der Waals surface area (Å²) < 4.78 is 48.2. The number of benzene rings is 4. The third kappa shape index (κ3) is 9.70. The van der Waals surface area contributed by atoms with Crippen molar-refractivity contribution in [3.05, 3.63) is 139 Å². The summed E-state index contributed by atoms with van der Waals surface area (Å²) in [7, 11) is 3.47. The van der Waals surface area contributed by atoms with Gasteiger partial charge in [0.1, 0.15) is 41.5 Å². The molecule has 1 N–H and O–H groups in total. The van der Waals surface area contributed by atoms with Gasteiger partial charge in [-0.05, 0) is 80.8 Å². The number of carbonyl (C=O) groups excluding carboxylic acids is 1. The molecule has 61 heavy (non-hydrogen) atoms. The number of anilines is 1. The number of aromatic nitrogens is 4. The molecular weight excluding hydrogens is 796 g/mol. The van der Waals surface area contributed by atoms with Gasteiger partial charge in [-0.2, -0.15) is 0 Å². The highest BCUT2D eigenvalue weighted by Crippen LogP contribution is 2.50. The number of ether oxygens (including phenoxy) is 5. The molecule has 1 aliphatic heterocycles. The zero-order valence-electron chi connectivity index (χ0n) is 35.5. The van der Waals surface area contributed by atoms with Gasteiger partial charge in [0.05, 0.1) is 33.3 Å². The van der Waals surface area contributed by atoms with E-state index in [0.717, 1.165) is 28.2 Å². The van der Waals surface area contributed by atoms with Crippen molar-refractivity contribution in [2.24, 2.45) is 0 Å². The first-order valence-corrected chi connectivity index (χ1v) is 21.4. The highest BCUT2D eigenvalue weighted by Gasteiger charge is 2.45. The molecule has 3 heterocycles. The van der Waals surface area contributed by atoms with Crippen LogP contribution >= 0.6 is 8.53 Å². The number of imidazole rings is 1. The fraction of sp³-hybridized carbons (Fsp3) is 0.348. The lowest BCUT2D eigenvalue weighted by Crippen LogP contribution is -2.39. The Morgan fingerprint density at radius 2 is 1.39 bits per heavy atom. The average Bonchev–Trinajstić information content (AvgIpc) is 3.91. The van der Waals surface area contributed by atoms with E-state index in [9.17, 15) is 4.79 Å². The number of methoxy groups -OCH3 is 2. The van der Waals surface area contributed by atoms with E-state index < -0.39 is 32.6 Å². The summed E-state index contributed by atoms with van der Waals surface area (Å²) in [5.74, 6) is 1.91. The van der Waals surface area contributed by atoms with Crippen molar-refractivity contribution >= 4 is 31.4 Å². The molecule has 0 spiro atoms. The van der Waals surface area contributed by atoms with Gasteiger partial charge in [0.15, 0.2) is 23.6 Å². The second kappa shape index (κ2) is 19.9. The van der Waals surface area contributed by atoms with Crippen LogP contribution in [0.25, 0.3) is 11.2 Å². The Hall–Kier alpha value is -5.47. The summed E-state index contributed by atoms with van der Waals surface area (Å²) in [5, 5.41) is 2.83. The number of amides is 1. The van der Waals surface area contributed by atoms with E-state index in [-0.39, 0.29) is 37.0 Å². The van der Waals surface area contributed by atoms with E-state index in [1.54, 1.807) is 39.8 Å². The van der Waals surface area contributed by atoms with Gasteiger partial charge in [-0.1, -0.05) is 72.8 Å². The molecular formula is C46H53N6O8P. The second-order valence-electron chi connectivity index (χ2n) is 15.0. The Labute approximate surface area is 358 Å². The standard InChI is InChI=1S/C46H53N6O8P/c1-31(2)52(32(3)4)61(56-7)60-39-26-42(51-30-49-43-44(47-29-48-45(43)51)50-41(53)28-57-38-16-12-9-13-17-38)59-40(39)27-58-46(33-14-10-8-11-15-33,34-18-22-36(54-5)23-19-34)35-20-24-37(55-6)25-21-35/h8-25,29-32,39-40,42H,26-28H2,1-7H3,(H,47,48,50,53)/t39-,40-,42-,61?/m1/s1. The minimum atomic E-state index is -1.51. The van der Waals surface area contributed by atoms with Gasteiger partial charge in [0.2, 0.25) is 0 Å². The molecule has 15 heteroatoms. The zero-order chi connectivity index (χ0) is 42.9. The van der Waals surface area contributed by atoms with Crippen LogP contribution in [-0.2, 0) is 28.9 Å². The van der Waals surface area contributed by atoms with Gasteiger partial charge >= 0.3 is 0 Å². The molecule has 0 radical (unpaired) electrons. The maximum atomic E-state index is 13.0. The van der Waals surface area contributed by atoms with E-state index >= 15 is 0 Å². The Balaban J connectivity index is 1.23. The van der Waals surface area contributed by atoms with E-state index in [2.05, 4.69) is 64.8 Å². The Bertz CT molecular complexity index is 2260. The van der Waals surface area contributed by atoms with Crippen molar-refractivity contribution < 1.29 is 37.5 Å². The smallest absolute Gasteiger partial charge is 0.263 e. The van der Waals surface area contributed by atoms with E-state index in [1.165, 1.54) is 6.33 Å². The molecule has 0 saturated carbocycles. The maximum absolute atomic E-state index is 13.0. The Morgan fingerprint density at radius 1 is 0.803 bits per heavy atom. The molecule has 4 atom stereocenters. The summed E-state index contributed by atoms with van der Waals surface area (Å²) in [5.41, 5.74) is 2.50. The molecule has 1 fully saturated rings. The highest BCUT2D eigenvalue weighted by molar-refractivity contribution is 7.44. The molecule has 1 unspecified atom stereocenters. The van der Waals surface area contributed by atoms with Crippen molar-refractivity contribution in [1.29, 1.82) is 0 Å². The number of para-hydroxylation sites is 1. The van der Waals surface area contributed by atoms with Gasteiger partial charge in [-0.3, -0.25) is 9.36 Å². The van der Waals surface area contributed by atoms with Crippen LogP contribution in [0.3, 0.4) is 0 Å². The quantitative estimate of drug-likeness (QED) is 0.0617. The molecule has 4 aromatic carbocycles. The van der Waals surface area contributed by atoms with Crippen molar-refractivity contribution in [2.45, 2.75) is 70.2 Å². The minimum absolute atomic E-state index is 0.120. The molecule has 1 saturated heterocycles. The van der Waals surface area contributed by atoms with Crippen LogP contribution in [0.5, 0.6) is 17.2 Å². The lowest BCUT2D eigenvalue weighted by Gasteiger charge is -2.38. The summed E-state index contributed by atoms with van der Waals surface area (Å²) >= 11 is 0. The third-order valence-electron chi connectivity index (χ3n) is 10.5.